The average molecular weight is 372 g/mol. The summed E-state index contributed by atoms with van der Waals surface area (Å²) in [7, 11) is 0. The van der Waals surface area contributed by atoms with E-state index in [2.05, 4.69) is 15.9 Å². The van der Waals surface area contributed by atoms with Gasteiger partial charge >= 0.3 is 0 Å². The van der Waals surface area contributed by atoms with Crippen LogP contribution in [0.5, 0.6) is 0 Å². The molecule has 1 nitrogen and oxygen atoms in total. The van der Waals surface area contributed by atoms with Gasteiger partial charge in [-0.15, -0.1) is 11.8 Å². The van der Waals surface area contributed by atoms with Gasteiger partial charge in [-0.25, -0.2) is 8.78 Å². The zero-order chi connectivity index (χ0) is 15.4. The van der Waals surface area contributed by atoms with Crippen LogP contribution in [0.1, 0.15) is 24.2 Å². The van der Waals surface area contributed by atoms with Crippen molar-refractivity contribution < 1.29 is 8.78 Å². The molecule has 2 aromatic carbocycles. The third kappa shape index (κ3) is 4.28. The Labute approximate surface area is 136 Å². The zero-order valence-corrected chi connectivity index (χ0v) is 13.9. The standard InChI is InChI=1S/C16H16BrF2NS/c1-2-14(20)16(10-3-5-11(17)6-4-10)21-15-9-12(18)7-8-13(15)19/h3-9,14,16H,2,20H2,1H3. The first-order chi connectivity index (χ1) is 10.0. The van der Waals surface area contributed by atoms with Crippen molar-refractivity contribution in [3.05, 3.63) is 64.1 Å². The highest BCUT2D eigenvalue weighted by molar-refractivity contribution is 9.10. The van der Waals surface area contributed by atoms with Gasteiger partial charge in [-0.05, 0) is 42.3 Å². The van der Waals surface area contributed by atoms with Crippen molar-refractivity contribution in [3.8, 4) is 0 Å². The van der Waals surface area contributed by atoms with E-state index in [1.807, 2.05) is 31.2 Å². The van der Waals surface area contributed by atoms with Crippen LogP contribution in [0.4, 0.5) is 8.78 Å². The molecule has 2 rings (SSSR count). The van der Waals surface area contributed by atoms with E-state index in [0.717, 1.165) is 28.6 Å². The highest BCUT2D eigenvalue weighted by Gasteiger charge is 2.21. The Kier molecular flexibility index (Phi) is 5.79. The number of halogens is 3. The molecule has 0 aliphatic heterocycles. The van der Waals surface area contributed by atoms with Gasteiger partial charge in [-0.2, -0.15) is 0 Å². The molecule has 0 heterocycles. The first kappa shape index (κ1) is 16.5. The lowest BCUT2D eigenvalue weighted by atomic mass is 10.0. The van der Waals surface area contributed by atoms with Gasteiger partial charge in [0.25, 0.3) is 0 Å². The van der Waals surface area contributed by atoms with Crippen molar-refractivity contribution in [1.29, 1.82) is 0 Å². The number of hydrogen-bond acceptors (Lipinski definition) is 2. The SMILES string of the molecule is CCC(N)C(Sc1cc(F)ccc1F)c1ccc(Br)cc1. The van der Waals surface area contributed by atoms with Crippen molar-refractivity contribution in [2.45, 2.75) is 29.5 Å². The second-order valence-corrected chi connectivity index (χ2v) is 6.84. The average Bonchev–Trinajstić information content (AvgIpc) is 2.48. The van der Waals surface area contributed by atoms with Crippen LogP contribution in [0, 0.1) is 11.6 Å². The molecule has 0 radical (unpaired) electrons. The Morgan fingerprint density at radius 3 is 2.43 bits per heavy atom. The molecule has 0 amide bonds. The van der Waals surface area contributed by atoms with Crippen LogP contribution in [-0.4, -0.2) is 6.04 Å². The first-order valence-electron chi connectivity index (χ1n) is 6.64. The lowest BCUT2D eigenvalue weighted by molar-refractivity contribution is 0.574. The minimum absolute atomic E-state index is 0.126. The van der Waals surface area contributed by atoms with Gasteiger partial charge in [0.2, 0.25) is 0 Å². The summed E-state index contributed by atoms with van der Waals surface area (Å²) in [5.41, 5.74) is 7.18. The normalized spacial score (nSPS) is 14.0. The maximum absolute atomic E-state index is 13.8. The smallest absolute Gasteiger partial charge is 0.136 e. The van der Waals surface area contributed by atoms with E-state index >= 15 is 0 Å². The molecule has 2 aromatic rings. The summed E-state index contributed by atoms with van der Waals surface area (Å²) in [6.07, 6.45) is 0.755. The van der Waals surface area contributed by atoms with Crippen LogP contribution in [-0.2, 0) is 0 Å². The Morgan fingerprint density at radius 1 is 1.14 bits per heavy atom. The van der Waals surface area contributed by atoms with E-state index in [1.165, 1.54) is 17.8 Å². The summed E-state index contributed by atoms with van der Waals surface area (Å²) >= 11 is 4.65. The second kappa shape index (κ2) is 7.38. The van der Waals surface area contributed by atoms with Crippen LogP contribution in [0.15, 0.2) is 51.8 Å². The van der Waals surface area contributed by atoms with E-state index < -0.39 is 11.6 Å². The quantitative estimate of drug-likeness (QED) is 0.721. The largest absolute Gasteiger partial charge is 0.326 e. The molecule has 0 saturated heterocycles. The van der Waals surface area contributed by atoms with E-state index in [9.17, 15) is 8.78 Å². The lowest BCUT2D eigenvalue weighted by Gasteiger charge is -2.23. The molecule has 0 saturated carbocycles. The van der Waals surface area contributed by atoms with Crippen molar-refractivity contribution in [2.24, 2.45) is 5.73 Å². The van der Waals surface area contributed by atoms with E-state index in [-0.39, 0.29) is 16.2 Å². The van der Waals surface area contributed by atoms with Gasteiger partial charge in [0.1, 0.15) is 11.6 Å². The third-order valence-corrected chi connectivity index (χ3v) is 5.18. The Morgan fingerprint density at radius 2 is 1.81 bits per heavy atom. The minimum Gasteiger partial charge on any atom is -0.326 e. The molecule has 21 heavy (non-hydrogen) atoms. The molecular formula is C16H16BrF2NS. The highest BCUT2D eigenvalue weighted by atomic mass is 79.9. The molecule has 2 unspecified atom stereocenters. The van der Waals surface area contributed by atoms with Crippen molar-refractivity contribution in [1.82, 2.24) is 0 Å². The molecule has 0 aliphatic rings. The fraction of sp³-hybridized carbons (Fsp3) is 0.250. The van der Waals surface area contributed by atoms with Gasteiger partial charge in [0.05, 0.1) is 0 Å². The van der Waals surface area contributed by atoms with Gasteiger partial charge in [0.15, 0.2) is 0 Å². The molecule has 0 fully saturated rings. The fourth-order valence-electron chi connectivity index (χ4n) is 1.97. The Bertz CT molecular complexity index is 604. The van der Waals surface area contributed by atoms with Crippen LogP contribution in [0.2, 0.25) is 0 Å². The fourth-order valence-corrected chi connectivity index (χ4v) is 3.53. The Hall–Kier alpha value is -0.910. The topological polar surface area (TPSA) is 26.0 Å². The maximum Gasteiger partial charge on any atom is 0.136 e. The van der Waals surface area contributed by atoms with Crippen molar-refractivity contribution in [2.75, 3.05) is 0 Å². The van der Waals surface area contributed by atoms with E-state index in [4.69, 9.17) is 5.73 Å². The van der Waals surface area contributed by atoms with E-state index in [0.29, 0.717) is 0 Å². The third-order valence-electron chi connectivity index (χ3n) is 3.21. The molecule has 0 aliphatic carbocycles. The molecular weight excluding hydrogens is 356 g/mol. The summed E-state index contributed by atoms with van der Waals surface area (Å²) in [5, 5.41) is -0.126. The summed E-state index contributed by atoms with van der Waals surface area (Å²) in [6, 6.07) is 11.1. The summed E-state index contributed by atoms with van der Waals surface area (Å²) in [6.45, 7) is 1.99. The molecule has 2 N–H and O–H groups in total. The molecule has 2 atom stereocenters. The number of nitrogens with two attached hydrogens (primary N) is 1. The maximum atomic E-state index is 13.8. The van der Waals surface area contributed by atoms with Gasteiger partial charge in [-0.1, -0.05) is 35.0 Å². The number of hydrogen-bond donors (Lipinski definition) is 1. The predicted octanol–water partition coefficient (Wildman–Crippen LogP) is 5.30. The Balaban J connectivity index is 2.32. The molecule has 112 valence electrons. The number of benzene rings is 2. The first-order valence-corrected chi connectivity index (χ1v) is 8.31. The van der Waals surface area contributed by atoms with Crippen molar-refractivity contribution in [3.63, 3.8) is 0 Å². The number of rotatable bonds is 5. The lowest BCUT2D eigenvalue weighted by Crippen LogP contribution is -2.25. The van der Waals surface area contributed by atoms with Crippen molar-refractivity contribution >= 4 is 27.7 Å². The molecule has 0 aromatic heterocycles. The highest BCUT2D eigenvalue weighted by Crippen LogP contribution is 2.39. The minimum atomic E-state index is -0.446. The molecule has 0 bridgehead atoms. The second-order valence-electron chi connectivity index (χ2n) is 4.74. The van der Waals surface area contributed by atoms with E-state index in [1.54, 1.807) is 0 Å². The zero-order valence-electron chi connectivity index (χ0n) is 11.5. The van der Waals surface area contributed by atoms with Crippen LogP contribution < -0.4 is 5.73 Å². The van der Waals surface area contributed by atoms with Crippen LogP contribution >= 0.6 is 27.7 Å². The van der Waals surface area contributed by atoms with Crippen LogP contribution in [0.25, 0.3) is 0 Å². The summed E-state index contributed by atoms with van der Waals surface area (Å²) < 4.78 is 28.1. The van der Waals surface area contributed by atoms with Gasteiger partial charge in [-0.3, -0.25) is 0 Å². The van der Waals surface area contributed by atoms with Gasteiger partial charge < -0.3 is 5.73 Å². The summed E-state index contributed by atoms with van der Waals surface area (Å²) in [5.74, 6) is -0.870. The summed E-state index contributed by atoms with van der Waals surface area (Å²) in [4.78, 5) is 0.284. The van der Waals surface area contributed by atoms with Gasteiger partial charge in [0, 0.05) is 20.7 Å². The predicted molar refractivity (Wildman–Crippen MR) is 87.4 cm³/mol. The van der Waals surface area contributed by atoms with Crippen LogP contribution in [0.3, 0.4) is 0 Å². The number of thioether (sulfide) groups is 1. The monoisotopic (exact) mass is 371 g/mol. The molecule has 5 heteroatoms. The molecule has 0 spiro atoms.